The van der Waals surface area contributed by atoms with E-state index < -0.39 is 0 Å². The molecule has 3 rings (SSSR count). The number of carbonyl (C=O) groups is 1. The maximum atomic E-state index is 12.0. The van der Waals surface area contributed by atoms with E-state index in [4.69, 9.17) is 24.2 Å². The van der Waals surface area contributed by atoms with Gasteiger partial charge in [0.15, 0.2) is 29.6 Å². The van der Waals surface area contributed by atoms with Crippen molar-refractivity contribution in [2.24, 2.45) is 0 Å². The van der Waals surface area contributed by atoms with Gasteiger partial charge in [0.1, 0.15) is 0 Å². The van der Waals surface area contributed by atoms with Crippen LogP contribution in [-0.4, -0.2) is 25.9 Å². The zero-order valence-corrected chi connectivity index (χ0v) is 14.3. The highest BCUT2D eigenvalue weighted by Gasteiger charge is 2.14. The SMILES string of the molecule is CCOc1cc(C#N)ccc1OCC(=O)NCc1ccc2c(c1)OCO2. The molecule has 2 aromatic carbocycles. The summed E-state index contributed by atoms with van der Waals surface area (Å²) in [5, 5.41) is 11.7. The number of nitrogens with zero attached hydrogens (tertiary/aromatic N) is 1. The molecule has 7 heteroatoms. The van der Waals surface area contributed by atoms with Gasteiger partial charge in [-0.2, -0.15) is 5.26 Å². The van der Waals surface area contributed by atoms with Crippen LogP contribution in [0.25, 0.3) is 0 Å². The molecule has 0 fully saturated rings. The number of carbonyl (C=O) groups excluding carboxylic acids is 1. The van der Waals surface area contributed by atoms with Gasteiger partial charge >= 0.3 is 0 Å². The average molecular weight is 354 g/mol. The zero-order chi connectivity index (χ0) is 18.4. The topological polar surface area (TPSA) is 89.8 Å². The molecule has 0 unspecified atom stereocenters. The van der Waals surface area contributed by atoms with Crippen molar-refractivity contribution < 1.29 is 23.7 Å². The summed E-state index contributed by atoms with van der Waals surface area (Å²) in [6, 6.07) is 12.4. The van der Waals surface area contributed by atoms with Gasteiger partial charge in [0.25, 0.3) is 5.91 Å². The molecule has 0 bridgehead atoms. The summed E-state index contributed by atoms with van der Waals surface area (Å²) in [4.78, 5) is 12.0. The molecule has 26 heavy (non-hydrogen) atoms. The minimum absolute atomic E-state index is 0.156. The van der Waals surface area contributed by atoms with E-state index >= 15 is 0 Å². The molecule has 7 nitrogen and oxygen atoms in total. The molecule has 0 saturated heterocycles. The fraction of sp³-hybridized carbons (Fsp3) is 0.263. The van der Waals surface area contributed by atoms with Gasteiger partial charge in [0.2, 0.25) is 6.79 Å². The Morgan fingerprint density at radius 3 is 2.81 bits per heavy atom. The maximum Gasteiger partial charge on any atom is 0.258 e. The van der Waals surface area contributed by atoms with E-state index in [1.165, 1.54) is 0 Å². The predicted molar refractivity (Wildman–Crippen MR) is 92.2 cm³/mol. The van der Waals surface area contributed by atoms with Gasteiger partial charge in [-0.3, -0.25) is 4.79 Å². The number of hydrogen-bond donors (Lipinski definition) is 1. The Kier molecular flexibility index (Phi) is 5.44. The second-order valence-corrected chi connectivity index (χ2v) is 5.46. The number of nitrogens with one attached hydrogen (secondary N) is 1. The van der Waals surface area contributed by atoms with Crippen molar-refractivity contribution >= 4 is 5.91 Å². The fourth-order valence-electron chi connectivity index (χ4n) is 2.41. The summed E-state index contributed by atoms with van der Waals surface area (Å²) < 4.78 is 21.5. The van der Waals surface area contributed by atoms with Crippen molar-refractivity contribution in [3.8, 4) is 29.1 Å². The molecule has 0 saturated carbocycles. The molecule has 1 N–H and O–H groups in total. The van der Waals surface area contributed by atoms with Crippen molar-refractivity contribution in [1.82, 2.24) is 5.32 Å². The first kappa shape index (κ1) is 17.4. The van der Waals surface area contributed by atoms with E-state index in [2.05, 4.69) is 5.32 Å². The Hall–Kier alpha value is -3.40. The van der Waals surface area contributed by atoms with Crippen LogP contribution in [0.15, 0.2) is 36.4 Å². The van der Waals surface area contributed by atoms with Crippen LogP contribution in [0.4, 0.5) is 0 Å². The lowest BCUT2D eigenvalue weighted by Gasteiger charge is -2.12. The zero-order valence-electron chi connectivity index (χ0n) is 14.3. The highest BCUT2D eigenvalue weighted by molar-refractivity contribution is 5.77. The Bertz CT molecular complexity index is 844. The molecule has 1 aliphatic rings. The normalized spacial score (nSPS) is 11.5. The van der Waals surface area contributed by atoms with Crippen LogP contribution in [0.3, 0.4) is 0 Å². The van der Waals surface area contributed by atoms with Crippen molar-refractivity contribution in [3.05, 3.63) is 47.5 Å². The van der Waals surface area contributed by atoms with Crippen LogP contribution in [0.2, 0.25) is 0 Å². The Balaban J connectivity index is 1.53. The molecule has 2 aromatic rings. The Morgan fingerprint density at radius 1 is 1.15 bits per heavy atom. The van der Waals surface area contributed by atoms with E-state index in [0.717, 1.165) is 5.56 Å². The lowest BCUT2D eigenvalue weighted by atomic mass is 10.2. The predicted octanol–water partition coefficient (Wildman–Crippen LogP) is 2.38. The number of benzene rings is 2. The van der Waals surface area contributed by atoms with Crippen molar-refractivity contribution in [1.29, 1.82) is 5.26 Å². The number of ether oxygens (including phenoxy) is 4. The minimum Gasteiger partial charge on any atom is -0.490 e. The number of fused-ring (bicyclic) bond motifs is 1. The van der Waals surface area contributed by atoms with Gasteiger partial charge in [-0.15, -0.1) is 0 Å². The Labute approximate surface area is 151 Å². The van der Waals surface area contributed by atoms with Crippen molar-refractivity contribution in [2.75, 3.05) is 20.0 Å². The van der Waals surface area contributed by atoms with Crippen LogP contribution in [-0.2, 0) is 11.3 Å². The highest BCUT2D eigenvalue weighted by Crippen LogP contribution is 2.32. The van der Waals surface area contributed by atoms with Gasteiger partial charge in [-0.25, -0.2) is 0 Å². The lowest BCUT2D eigenvalue weighted by molar-refractivity contribution is -0.123. The molecular formula is C19H18N2O5. The van der Waals surface area contributed by atoms with E-state index in [0.29, 0.717) is 41.7 Å². The van der Waals surface area contributed by atoms with Crippen molar-refractivity contribution in [3.63, 3.8) is 0 Å². The molecule has 1 amide bonds. The summed E-state index contributed by atoms with van der Waals surface area (Å²) in [6.07, 6.45) is 0. The molecule has 134 valence electrons. The summed E-state index contributed by atoms with van der Waals surface area (Å²) >= 11 is 0. The Morgan fingerprint density at radius 2 is 2.00 bits per heavy atom. The second-order valence-electron chi connectivity index (χ2n) is 5.46. The summed E-state index contributed by atoms with van der Waals surface area (Å²) in [5.74, 6) is 1.97. The number of nitriles is 1. The second kappa shape index (κ2) is 8.12. The van der Waals surface area contributed by atoms with E-state index in [9.17, 15) is 4.79 Å². The molecule has 0 aromatic heterocycles. The first-order valence-electron chi connectivity index (χ1n) is 8.14. The molecule has 0 atom stereocenters. The molecule has 1 aliphatic heterocycles. The first-order chi connectivity index (χ1) is 12.7. The van der Waals surface area contributed by atoms with Crippen LogP contribution >= 0.6 is 0 Å². The summed E-state index contributed by atoms with van der Waals surface area (Å²) in [5.41, 5.74) is 1.36. The van der Waals surface area contributed by atoms with E-state index in [1.54, 1.807) is 18.2 Å². The van der Waals surface area contributed by atoms with Crippen LogP contribution in [0.1, 0.15) is 18.1 Å². The first-order valence-corrected chi connectivity index (χ1v) is 8.14. The van der Waals surface area contributed by atoms with E-state index in [1.807, 2.05) is 31.2 Å². The summed E-state index contributed by atoms with van der Waals surface area (Å²) in [7, 11) is 0. The van der Waals surface area contributed by atoms with Gasteiger partial charge in [-0.1, -0.05) is 6.07 Å². The smallest absolute Gasteiger partial charge is 0.258 e. The van der Waals surface area contributed by atoms with Crippen LogP contribution in [0.5, 0.6) is 23.0 Å². The quantitative estimate of drug-likeness (QED) is 0.821. The molecular weight excluding hydrogens is 336 g/mol. The molecule has 0 aliphatic carbocycles. The molecule has 0 radical (unpaired) electrons. The number of hydrogen-bond acceptors (Lipinski definition) is 6. The third-order valence-electron chi connectivity index (χ3n) is 3.66. The molecule has 0 spiro atoms. The van der Waals surface area contributed by atoms with Crippen LogP contribution in [0, 0.1) is 11.3 Å². The maximum absolute atomic E-state index is 12.0. The van der Waals surface area contributed by atoms with Crippen molar-refractivity contribution in [2.45, 2.75) is 13.5 Å². The van der Waals surface area contributed by atoms with Gasteiger partial charge in [0.05, 0.1) is 18.2 Å². The molecule has 1 heterocycles. The standard InChI is InChI=1S/C19H18N2O5/c1-2-23-17-7-13(9-20)3-5-15(17)24-11-19(22)21-10-14-4-6-16-18(8-14)26-12-25-16/h3-8H,2,10-12H2,1H3,(H,21,22). The average Bonchev–Trinajstić information content (AvgIpc) is 3.13. The summed E-state index contributed by atoms with van der Waals surface area (Å²) in [6.45, 7) is 2.68. The van der Waals surface area contributed by atoms with E-state index in [-0.39, 0.29) is 19.3 Å². The third-order valence-corrected chi connectivity index (χ3v) is 3.66. The third kappa shape index (κ3) is 4.16. The van der Waals surface area contributed by atoms with Gasteiger partial charge in [0, 0.05) is 12.6 Å². The van der Waals surface area contributed by atoms with Crippen LogP contribution < -0.4 is 24.3 Å². The minimum atomic E-state index is -0.269. The van der Waals surface area contributed by atoms with Gasteiger partial charge < -0.3 is 24.3 Å². The largest absolute Gasteiger partial charge is 0.490 e. The lowest BCUT2D eigenvalue weighted by Crippen LogP contribution is -2.28. The fourth-order valence-corrected chi connectivity index (χ4v) is 2.41. The number of rotatable bonds is 7. The number of amides is 1. The monoisotopic (exact) mass is 354 g/mol. The highest BCUT2D eigenvalue weighted by atomic mass is 16.7. The van der Waals surface area contributed by atoms with Gasteiger partial charge in [-0.05, 0) is 36.8 Å².